The Morgan fingerprint density at radius 2 is 1.65 bits per heavy atom. The maximum Gasteiger partial charge on any atom is 0.322 e. The fourth-order valence-electron chi connectivity index (χ4n) is 3.11. The predicted molar refractivity (Wildman–Crippen MR) is 122 cm³/mol. The van der Waals surface area contributed by atoms with Gasteiger partial charge in [0.05, 0.1) is 6.61 Å². The minimum atomic E-state index is -0.200. The van der Waals surface area contributed by atoms with Crippen LogP contribution in [0, 0.1) is 13.8 Å². The van der Waals surface area contributed by atoms with Gasteiger partial charge in [-0.25, -0.2) is 9.97 Å². The number of amides is 1. The standard InChI is InChI=1S/C25H29N3O3/c1-4-5-6-7-15-30-22-13-11-20(12-14-22)24(29)28-21-9-8-10-23(17-21)31-25-26-18(2)16-19(3)27-25/h8-14,16-17H,4-7,15H2,1-3H3,(H,28,29). The fraction of sp³-hybridized carbons (Fsp3) is 0.320. The van der Waals surface area contributed by atoms with Crippen molar-refractivity contribution in [3.63, 3.8) is 0 Å². The smallest absolute Gasteiger partial charge is 0.322 e. The lowest BCUT2D eigenvalue weighted by Gasteiger charge is -2.10. The number of nitrogens with zero attached hydrogens (tertiary/aromatic N) is 2. The molecule has 3 rings (SSSR count). The van der Waals surface area contributed by atoms with Crippen molar-refractivity contribution in [1.29, 1.82) is 0 Å². The van der Waals surface area contributed by atoms with Crippen LogP contribution in [0.5, 0.6) is 17.5 Å². The number of ether oxygens (including phenoxy) is 2. The van der Waals surface area contributed by atoms with E-state index < -0.39 is 0 Å². The quantitative estimate of drug-likeness (QED) is 0.402. The molecule has 1 amide bonds. The lowest BCUT2D eigenvalue weighted by molar-refractivity contribution is 0.102. The number of rotatable bonds is 10. The van der Waals surface area contributed by atoms with E-state index in [0.29, 0.717) is 23.6 Å². The fourth-order valence-corrected chi connectivity index (χ4v) is 3.11. The summed E-state index contributed by atoms with van der Waals surface area (Å²) < 4.78 is 11.5. The molecule has 1 N–H and O–H groups in total. The van der Waals surface area contributed by atoms with E-state index in [4.69, 9.17) is 9.47 Å². The summed E-state index contributed by atoms with van der Waals surface area (Å²) in [5, 5.41) is 2.89. The van der Waals surface area contributed by atoms with Crippen molar-refractivity contribution in [2.45, 2.75) is 46.5 Å². The Kier molecular flexibility index (Phi) is 7.98. The molecule has 162 valence electrons. The van der Waals surface area contributed by atoms with Gasteiger partial charge in [-0.3, -0.25) is 4.79 Å². The van der Waals surface area contributed by atoms with Crippen molar-refractivity contribution in [3.8, 4) is 17.5 Å². The first-order valence-corrected chi connectivity index (χ1v) is 10.7. The second-order valence-corrected chi connectivity index (χ2v) is 7.45. The predicted octanol–water partition coefficient (Wildman–Crippen LogP) is 6.10. The molecule has 0 aliphatic heterocycles. The SMILES string of the molecule is CCCCCCOc1ccc(C(=O)Nc2cccc(Oc3nc(C)cc(C)n3)c2)cc1. The number of aryl methyl sites for hydroxylation is 2. The number of unbranched alkanes of at least 4 members (excludes halogenated alkanes) is 3. The molecule has 2 aromatic carbocycles. The molecule has 0 bridgehead atoms. The van der Waals surface area contributed by atoms with Gasteiger partial charge in [0, 0.05) is 28.7 Å². The van der Waals surface area contributed by atoms with Gasteiger partial charge in [-0.1, -0.05) is 32.3 Å². The van der Waals surface area contributed by atoms with Crippen molar-refractivity contribution in [2.24, 2.45) is 0 Å². The van der Waals surface area contributed by atoms with Crippen LogP contribution in [0.15, 0.2) is 54.6 Å². The Morgan fingerprint density at radius 1 is 0.903 bits per heavy atom. The van der Waals surface area contributed by atoms with Crippen molar-refractivity contribution in [2.75, 3.05) is 11.9 Å². The van der Waals surface area contributed by atoms with Gasteiger partial charge >= 0.3 is 6.01 Å². The second kappa shape index (κ2) is 11.1. The molecule has 0 spiro atoms. The molecule has 1 heterocycles. The summed E-state index contributed by atoms with van der Waals surface area (Å²) in [6.07, 6.45) is 4.65. The van der Waals surface area contributed by atoms with Crippen LogP contribution in [0.1, 0.15) is 54.4 Å². The lowest BCUT2D eigenvalue weighted by Crippen LogP contribution is -2.11. The summed E-state index contributed by atoms with van der Waals surface area (Å²) in [6.45, 7) is 6.66. The van der Waals surface area contributed by atoms with Gasteiger partial charge in [0.2, 0.25) is 0 Å². The molecule has 31 heavy (non-hydrogen) atoms. The number of carbonyl (C=O) groups is 1. The van der Waals surface area contributed by atoms with Gasteiger partial charge in [-0.15, -0.1) is 0 Å². The van der Waals surface area contributed by atoms with Crippen LogP contribution in [-0.2, 0) is 0 Å². The number of hydrogen-bond donors (Lipinski definition) is 1. The van der Waals surface area contributed by atoms with E-state index in [1.165, 1.54) is 19.3 Å². The van der Waals surface area contributed by atoms with Crippen LogP contribution < -0.4 is 14.8 Å². The summed E-state index contributed by atoms with van der Waals surface area (Å²) in [5.74, 6) is 1.13. The third-order valence-corrected chi connectivity index (χ3v) is 4.65. The molecule has 6 heteroatoms. The molecule has 6 nitrogen and oxygen atoms in total. The largest absolute Gasteiger partial charge is 0.494 e. The Hall–Kier alpha value is -3.41. The van der Waals surface area contributed by atoms with Crippen molar-refractivity contribution < 1.29 is 14.3 Å². The van der Waals surface area contributed by atoms with Crippen LogP contribution in [0.25, 0.3) is 0 Å². The van der Waals surface area contributed by atoms with E-state index in [1.807, 2.05) is 38.1 Å². The summed E-state index contributed by atoms with van der Waals surface area (Å²) in [6, 6.07) is 16.5. The maximum absolute atomic E-state index is 12.6. The summed E-state index contributed by atoms with van der Waals surface area (Å²) >= 11 is 0. The number of aromatic nitrogens is 2. The molecule has 3 aromatic rings. The van der Waals surface area contributed by atoms with E-state index >= 15 is 0 Å². The molecule has 0 saturated heterocycles. The first-order valence-electron chi connectivity index (χ1n) is 10.7. The third kappa shape index (κ3) is 7.10. The van der Waals surface area contributed by atoms with Gasteiger partial charge in [0.25, 0.3) is 5.91 Å². The molecule has 0 saturated carbocycles. The average Bonchev–Trinajstić information content (AvgIpc) is 2.73. The number of hydrogen-bond acceptors (Lipinski definition) is 5. The van der Waals surface area contributed by atoms with Crippen LogP contribution in [0.2, 0.25) is 0 Å². The zero-order valence-electron chi connectivity index (χ0n) is 18.4. The molecular formula is C25H29N3O3. The Morgan fingerprint density at radius 3 is 2.35 bits per heavy atom. The molecule has 0 fully saturated rings. The number of anilines is 1. The van der Waals surface area contributed by atoms with Crippen LogP contribution in [0.4, 0.5) is 5.69 Å². The summed E-state index contributed by atoms with van der Waals surface area (Å²) in [7, 11) is 0. The van der Waals surface area contributed by atoms with E-state index in [0.717, 1.165) is 23.6 Å². The molecule has 0 radical (unpaired) electrons. The van der Waals surface area contributed by atoms with Crippen molar-refractivity contribution in [3.05, 3.63) is 71.5 Å². The first kappa shape index (κ1) is 22.3. The average molecular weight is 420 g/mol. The van der Waals surface area contributed by atoms with Crippen molar-refractivity contribution >= 4 is 11.6 Å². The number of benzene rings is 2. The normalized spacial score (nSPS) is 10.5. The van der Waals surface area contributed by atoms with Gasteiger partial charge in [-0.05, 0) is 62.7 Å². The van der Waals surface area contributed by atoms with Crippen LogP contribution in [0.3, 0.4) is 0 Å². The van der Waals surface area contributed by atoms with Gasteiger partial charge < -0.3 is 14.8 Å². The van der Waals surface area contributed by atoms with E-state index in [9.17, 15) is 4.79 Å². The molecule has 0 unspecified atom stereocenters. The van der Waals surface area contributed by atoms with Gasteiger partial charge in [0.15, 0.2) is 0 Å². The highest BCUT2D eigenvalue weighted by Crippen LogP contribution is 2.23. The molecule has 1 aromatic heterocycles. The molecule has 0 aliphatic rings. The van der Waals surface area contributed by atoms with E-state index in [-0.39, 0.29) is 11.9 Å². The Balaban J connectivity index is 1.57. The molecule has 0 atom stereocenters. The summed E-state index contributed by atoms with van der Waals surface area (Å²) in [4.78, 5) is 21.2. The first-order chi connectivity index (χ1) is 15.0. The van der Waals surface area contributed by atoms with E-state index in [2.05, 4.69) is 22.2 Å². The third-order valence-electron chi connectivity index (χ3n) is 4.65. The van der Waals surface area contributed by atoms with E-state index in [1.54, 1.807) is 30.3 Å². The molecular weight excluding hydrogens is 390 g/mol. The zero-order valence-corrected chi connectivity index (χ0v) is 18.4. The number of nitrogens with one attached hydrogen (secondary N) is 1. The monoisotopic (exact) mass is 419 g/mol. The highest BCUT2D eigenvalue weighted by atomic mass is 16.5. The molecule has 0 aliphatic carbocycles. The topological polar surface area (TPSA) is 73.3 Å². The maximum atomic E-state index is 12.6. The van der Waals surface area contributed by atoms with Gasteiger partial charge in [-0.2, -0.15) is 0 Å². The highest BCUT2D eigenvalue weighted by Gasteiger charge is 2.08. The Labute approximate surface area is 183 Å². The highest BCUT2D eigenvalue weighted by molar-refractivity contribution is 6.04. The Bertz CT molecular complexity index is 983. The second-order valence-electron chi connectivity index (χ2n) is 7.45. The summed E-state index contributed by atoms with van der Waals surface area (Å²) in [5.41, 5.74) is 2.85. The van der Waals surface area contributed by atoms with Gasteiger partial charge in [0.1, 0.15) is 11.5 Å². The van der Waals surface area contributed by atoms with Crippen LogP contribution in [-0.4, -0.2) is 22.5 Å². The number of carbonyl (C=O) groups excluding carboxylic acids is 1. The lowest BCUT2D eigenvalue weighted by atomic mass is 10.2. The van der Waals surface area contributed by atoms with Crippen LogP contribution >= 0.6 is 0 Å². The minimum Gasteiger partial charge on any atom is -0.494 e. The minimum absolute atomic E-state index is 0.200. The zero-order chi connectivity index (χ0) is 22.1. The van der Waals surface area contributed by atoms with Crippen molar-refractivity contribution in [1.82, 2.24) is 9.97 Å².